The summed E-state index contributed by atoms with van der Waals surface area (Å²) in [4.78, 5) is 35.5. The standard InChI is InChI=1S/C17H14Br2O6/c18-11-7-9-6-10(15(20)21)17(23)24-13(9)14(12(11)19)25-16(22)8-4-2-1-3-5-8/h6-8H,1-5H2,(H,20,21). The summed E-state index contributed by atoms with van der Waals surface area (Å²) >= 11 is 6.65. The molecule has 1 aromatic carbocycles. The maximum Gasteiger partial charge on any atom is 0.351 e. The van der Waals surface area contributed by atoms with Gasteiger partial charge in [0.2, 0.25) is 0 Å². The lowest BCUT2D eigenvalue weighted by Gasteiger charge is -2.20. The summed E-state index contributed by atoms with van der Waals surface area (Å²) in [5, 5.41) is 9.41. The highest BCUT2D eigenvalue weighted by Crippen LogP contribution is 2.40. The molecule has 1 aromatic heterocycles. The van der Waals surface area contributed by atoms with E-state index in [2.05, 4.69) is 31.9 Å². The molecule has 0 bridgehead atoms. The molecule has 2 aromatic rings. The molecule has 6 nitrogen and oxygen atoms in total. The van der Waals surface area contributed by atoms with Crippen LogP contribution in [0.4, 0.5) is 0 Å². The number of carbonyl (C=O) groups excluding carboxylic acids is 1. The zero-order valence-corrected chi connectivity index (χ0v) is 16.2. The molecule has 3 rings (SSSR count). The van der Waals surface area contributed by atoms with Crippen LogP contribution in [0, 0.1) is 5.92 Å². The maximum atomic E-state index is 12.5. The van der Waals surface area contributed by atoms with Crippen molar-refractivity contribution >= 4 is 54.8 Å². The Bertz CT molecular complexity index is 911. The van der Waals surface area contributed by atoms with Gasteiger partial charge in [0.1, 0.15) is 5.56 Å². The van der Waals surface area contributed by atoms with Gasteiger partial charge in [-0.2, -0.15) is 0 Å². The second-order valence-corrected chi connectivity index (χ2v) is 7.58. The maximum absolute atomic E-state index is 12.5. The lowest BCUT2D eigenvalue weighted by atomic mass is 9.89. The predicted octanol–water partition coefficient (Wildman–Crippen LogP) is 4.50. The van der Waals surface area contributed by atoms with Crippen LogP contribution in [-0.4, -0.2) is 17.0 Å². The van der Waals surface area contributed by atoms with E-state index >= 15 is 0 Å². The van der Waals surface area contributed by atoms with Crippen LogP contribution in [0.1, 0.15) is 42.5 Å². The predicted molar refractivity (Wildman–Crippen MR) is 97.1 cm³/mol. The Balaban J connectivity index is 2.08. The molecule has 1 saturated carbocycles. The van der Waals surface area contributed by atoms with Crippen molar-refractivity contribution in [2.75, 3.05) is 0 Å². The fraction of sp³-hybridized carbons (Fsp3) is 0.353. The van der Waals surface area contributed by atoms with Crippen LogP contribution in [0.15, 0.2) is 30.3 Å². The Morgan fingerprint density at radius 2 is 1.84 bits per heavy atom. The highest BCUT2D eigenvalue weighted by Gasteiger charge is 2.26. The van der Waals surface area contributed by atoms with Gasteiger partial charge in [-0.15, -0.1) is 0 Å². The smallest absolute Gasteiger partial charge is 0.351 e. The average molecular weight is 474 g/mol. The fourth-order valence-electron chi connectivity index (χ4n) is 2.94. The number of fused-ring (bicyclic) bond motifs is 1. The highest BCUT2D eigenvalue weighted by molar-refractivity contribution is 9.13. The van der Waals surface area contributed by atoms with E-state index in [0.29, 0.717) is 14.3 Å². The normalized spacial score (nSPS) is 15.3. The summed E-state index contributed by atoms with van der Waals surface area (Å²) in [6, 6.07) is 2.80. The molecule has 0 saturated heterocycles. The molecule has 1 heterocycles. The first-order chi connectivity index (χ1) is 11.9. The van der Waals surface area contributed by atoms with Crippen LogP contribution in [0.25, 0.3) is 11.0 Å². The van der Waals surface area contributed by atoms with Gasteiger partial charge in [-0.05, 0) is 56.8 Å². The number of halogens is 2. The van der Waals surface area contributed by atoms with E-state index in [1.54, 1.807) is 6.07 Å². The number of carboxylic acid groups (broad SMARTS) is 1. The molecule has 1 N–H and O–H groups in total. The van der Waals surface area contributed by atoms with E-state index in [1.807, 2.05) is 0 Å². The number of carbonyl (C=O) groups is 2. The van der Waals surface area contributed by atoms with E-state index in [-0.39, 0.29) is 23.2 Å². The molecule has 0 amide bonds. The number of aromatic carboxylic acids is 1. The monoisotopic (exact) mass is 472 g/mol. The average Bonchev–Trinajstić information content (AvgIpc) is 2.59. The Morgan fingerprint density at radius 3 is 2.48 bits per heavy atom. The van der Waals surface area contributed by atoms with Crippen LogP contribution >= 0.6 is 31.9 Å². The van der Waals surface area contributed by atoms with Gasteiger partial charge in [0, 0.05) is 9.86 Å². The van der Waals surface area contributed by atoms with Crippen molar-refractivity contribution in [1.82, 2.24) is 0 Å². The number of benzene rings is 1. The fourth-order valence-corrected chi connectivity index (χ4v) is 3.74. The minimum atomic E-state index is -1.38. The third-order valence-corrected chi connectivity index (χ3v) is 6.19. The second-order valence-electron chi connectivity index (χ2n) is 5.93. The molecule has 0 unspecified atom stereocenters. The molecule has 1 fully saturated rings. The van der Waals surface area contributed by atoms with Crippen molar-refractivity contribution in [1.29, 1.82) is 0 Å². The van der Waals surface area contributed by atoms with E-state index < -0.39 is 17.2 Å². The Labute approximate surface area is 159 Å². The van der Waals surface area contributed by atoms with Crippen molar-refractivity contribution in [2.45, 2.75) is 32.1 Å². The number of carboxylic acids is 1. The first kappa shape index (κ1) is 18.1. The number of ether oxygens (including phenoxy) is 1. The SMILES string of the molecule is O=C(O)c1cc2cc(Br)c(Br)c(OC(=O)C3CCCCC3)c2oc1=O. The largest absolute Gasteiger partial charge is 0.477 e. The molecular formula is C17H14Br2O6. The molecule has 1 aliphatic rings. The first-order valence-corrected chi connectivity index (χ1v) is 9.38. The van der Waals surface area contributed by atoms with Gasteiger partial charge in [0.25, 0.3) is 0 Å². The summed E-state index contributed by atoms with van der Waals surface area (Å²) in [6.07, 6.45) is 4.62. The summed E-state index contributed by atoms with van der Waals surface area (Å²) in [5.74, 6) is -1.85. The second kappa shape index (κ2) is 7.29. The molecule has 1 aliphatic carbocycles. The molecule has 0 spiro atoms. The van der Waals surface area contributed by atoms with Crippen molar-refractivity contribution in [2.24, 2.45) is 5.92 Å². The first-order valence-electron chi connectivity index (χ1n) is 7.79. The van der Waals surface area contributed by atoms with Crippen molar-refractivity contribution in [3.63, 3.8) is 0 Å². The van der Waals surface area contributed by atoms with E-state index in [1.165, 1.54) is 6.07 Å². The Hall–Kier alpha value is -1.67. The molecule has 0 aliphatic heterocycles. The zero-order valence-electron chi connectivity index (χ0n) is 13.0. The molecule has 0 radical (unpaired) electrons. The van der Waals surface area contributed by atoms with E-state index in [0.717, 1.165) is 32.1 Å². The Kier molecular flexibility index (Phi) is 5.29. The van der Waals surface area contributed by atoms with Crippen LogP contribution in [0.5, 0.6) is 5.75 Å². The molecule has 8 heteroatoms. The summed E-state index contributed by atoms with van der Waals surface area (Å²) in [6.45, 7) is 0. The van der Waals surface area contributed by atoms with Crippen LogP contribution < -0.4 is 10.4 Å². The minimum Gasteiger partial charge on any atom is -0.477 e. The van der Waals surface area contributed by atoms with Crippen LogP contribution in [0.3, 0.4) is 0 Å². The summed E-state index contributed by atoms with van der Waals surface area (Å²) < 4.78 is 11.7. The van der Waals surface area contributed by atoms with Crippen molar-refractivity contribution in [3.8, 4) is 5.75 Å². The summed E-state index contributed by atoms with van der Waals surface area (Å²) in [7, 11) is 0. The number of rotatable bonds is 3. The van der Waals surface area contributed by atoms with Gasteiger partial charge in [-0.3, -0.25) is 4.79 Å². The van der Waals surface area contributed by atoms with Crippen molar-refractivity contribution in [3.05, 3.63) is 37.1 Å². The topological polar surface area (TPSA) is 93.8 Å². The van der Waals surface area contributed by atoms with Gasteiger partial charge in [0.05, 0.1) is 10.4 Å². The van der Waals surface area contributed by atoms with Crippen molar-refractivity contribution < 1.29 is 23.8 Å². The van der Waals surface area contributed by atoms with Gasteiger partial charge < -0.3 is 14.3 Å². The summed E-state index contributed by atoms with van der Waals surface area (Å²) in [5.41, 5.74) is -1.44. The van der Waals surface area contributed by atoms with Gasteiger partial charge in [-0.1, -0.05) is 19.3 Å². The third kappa shape index (κ3) is 3.64. The van der Waals surface area contributed by atoms with Gasteiger partial charge in [0.15, 0.2) is 11.3 Å². The highest BCUT2D eigenvalue weighted by atomic mass is 79.9. The molecule has 0 atom stereocenters. The molecular weight excluding hydrogens is 460 g/mol. The van der Waals surface area contributed by atoms with E-state index in [4.69, 9.17) is 14.3 Å². The van der Waals surface area contributed by atoms with Crippen LogP contribution in [-0.2, 0) is 4.79 Å². The Morgan fingerprint density at radius 1 is 1.16 bits per heavy atom. The minimum absolute atomic E-state index is 0.0363. The number of hydrogen-bond donors (Lipinski definition) is 1. The van der Waals surface area contributed by atoms with Crippen LogP contribution in [0.2, 0.25) is 0 Å². The van der Waals surface area contributed by atoms with E-state index in [9.17, 15) is 14.4 Å². The number of esters is 1. The van der Waals surface area contributed by atoms with Gasteiger partial charge in [-0.25, -0.2) is 9.59 Å². The lowest BCUT2D eigenvalue weighted by molar-refractivity contribution is -0.140. The third-order valence-electron chi connectivity index (χ3n) is 4.25. The number of hydrogen-bond acceptors (Lipinski definition) is 5. The van der Waals surface area contributed by atoms with Gasteiger partial charge >= 0.3 is 17.6 Å². The zero-order chi connectivity index (χ0) is 18.1. The molecule has 25 heavy (non-hydrogen) atoms. The lowest BCUT2D eigenvalue weighted by Crippen LogP contribution is -2.23. The quantitative estimate of drug-likeness (QED) is 0.400. The molecule has 132 valence electrons.